The molecule has 0 bridgehead atoms. The van der Waals surface area contributed by atoms with Gasteiger partial charge >= 0.3 is 0 Å². The third kappa shape index (κ3) is 4.87. The number of nitrogens with one attached hydrogen (secondary N) is 1. The molecule has 0 fully saturated rings. The van der Waals surface area contributed by atoms with Crippen LogP contribution >= 0.6 is 0 Å². The van der Waals surface area contributed by atoms with Crippen LogP contribution in [0.5, 0.6) is 0 Å². The van der Waals surface area contributed by atoms with Crippen molar-refractivity contribution < 1.29 is 18.0 Å². The van der Waals surface area contributed by atoms with Gasteiger partial charge in [0.1, 0.15) is 12.2 Å². The summed E-state index contributed by atoms with van der Waals surface area (Å²) < 4.78 is 25.4. The van der Waals surface area contributed by atoms with Gasteiger partial charge in [0.15, 0.2) is 9.84 Å². The first kappa shape index (κ1) is 25.5. The SMILES string of the molecule is CS(=O)(=O)c1ccc(CCc2nccn2-c2ccc(N3C(=O)CC(=O)Nc4c3ccc3ccccc43)cc2)cc1. The highest BCUT2D eigenvalue weighted by molar-refractivity contribution is 7.90. The van der Waals surface area contributed by atoms with Crippen LogP contribution in [0.15, 0.2) is 102 Å². The van der Waals surface area contributed by atoms with Gasteiger partial charge in [-0.15, -0.1) is 0 Å². The lowest BCUT2D eigenvalue weighted by Crippen LogP contribution is -2.26. The van der Waals surface area contributed by atoms with E-state index in [4.69, 9.17) is 0 Å². The Bertz CT molecular complexity index is 1860. The minimum absolute atomic E-state index is 0.248. The third-order valence-electron chi connectivity index (χ3n) is 7.07. The minimum atomic E-state index is -3.23. The summed E-state index contributed by atoms with van der Waals surface area (Å²) in [5.41, 5.74) is 3.83. The van der Waals surface area contributed by atoms with Crippen molar-refractivity contribution in [3.8, 4) is 5.69 Å². The van der Waals surface area contributed by atoms with Crippen LogP contribution in [0.25, 0.3) is 16.5 Å². The van der Waals surface area contributed by atoms with Crippen LogP contribution < -0.4 is 10.2 Å². The fourth-order valence-corrected chi connectivity index (χ4v) is 5.70. The lowest BCUT2D eigenvalue weighted by atomic mass is 10.1. The molecule has 8 nitrogen and oxygen atoms in total. The van der Waals surface area contributed by atoms with E-state index in [1.54, 1.807) is 23.2 Å². The van der Waals surface area contributed by atoms with E-state index in [0.717, 1.165) is 27.8 Å². The number of anilines is 3. The summed E-state index contributed by atoms with van der Waals surface area (Å²) >= 11 is 0. The van der Waals surface area contributed by atoms with E-state index < -0.39 is 9.84 Å². The van der Waals surface area contributed by atoms with E-state index in [0.29, 0.717) is 34.8 Å². The zero-order chi connectivity index (χ0) is 27.9. The number of carbonyl (C=O) groups excluding carboxylic acids is 2. The lowest BCUT2D eigenvalue weighted by molar-refractivity contribution is -0.124. The first-order valence-corrected chi connectivity index (χ1v) is 14.7. The number of aryl methyl sites for hydroxylation is 2. The summed E-state index contributed by atoms with van der Waals surface area (Å²) in [7, 11) is -3.23. The third-order valence-corrected chi connectivity index (χ3v) is 8.19. The molecule has 0 atom stereocenters. The van der Waals surface area contributed by atoms with Crippen molar-refractivity contribution in [3.05, 3.63) is 109 Å². The molecule has 0 saturated heterocycles. The highest BCUT2D eigenvalue weighted by Crippen LogP contribution is 2.40. The van der Waals surface area contributed by atoms with Gasteiger partial charge in [0.05, 0.1) is 16.3 Å². The van der Waals surface area contributed by atoms with Crippen molar-refractivity contribution >= 4 is 49.5 Å². The predicted octanol–water partition coefficient (Wildman–Crippen LogP) is 5.22. The fraction of sp³-hybridized carbons (Fsp3) is 0.129. The number of carbonyl (C=O) groups is 2. The Morgan fingerprint density at radius 2 is 1.57 bits per heavy atom. The van der Waals surface area contributed by atoms with E-state index in [2.05, 4.69) is 10.3 Å². The van der Waals surface area contributed by atoms with Crippen molar-refractivity contribution in [2.45, 2.75) is 24.2 Å². The van der Waals surface area contributed by atoms with E-state index in [1.807, 2.05) is 83.6 Å². The van der Waals surface area contributed by atoms with Crippen molar-refractivity contribution in [2.24, 2.45) is 0 Å². The second kappa shape index (κ2) is 10.1. The van der Waals surface area contributed by atoms with Crippen LogP contribution in [0.1, 0.15) is 17.8 Å². The highest BCUT2D eigenvalue weighted by Gasteiger charge is 2.28. The first-order valence-electron chi connectivity index (χ1n) is 12.8. The Morgan fingerprint density at radius 1 is 0.850 bits per heavy atom. The Morgan fingerprint density at radius 3 is 2.33 bits per heavy atom. The molecule has 2 amide bonds. The standard InChI is InChI=1S/C31H26N4O4S/c1-40(38,39)25-14-6-21(7-15-25)8-17-28-32-18-19-34(28)23-10-12-24(13-11-23)35-27-16-9-22-4-2-3-5-26(22)31(27)33-29(36)20-30(35)37/h2-7,9-16,18-19H,8,17,20H2,1H3,(H,33,36). The monoisotopic (exact) mass is 550 g/mol. The van der Waals surface area contributed by atoms with Gasteiger partial charge < -0.3 is 9.88 Å². The predicted molar refractivity (Wildman–Crippen MR) is 155 cm³/mol. The number of nitrogens with zero attached hydrogens (tertiary/aromatic N) is 3. The molecule has 2 heterocycles. The van der Waals surface area contributed by atoms with E-state index in [1.165, 1.54) is 6.26 Å². The van der Waals surface area contributed by atoms with Crippen LogP contribution in [-0.2, 0) is 32.3 Å². The Kier molecular flexibility index (Phi) is 6.43. The van der Waals surface area contributed by atoms with E-state index in [-0.39, 0.29) is 18.2 Å². The molecule has 6 rings (SSSR count). The van der Waals surface area contributed by atoms with Gasteiger partial charge in [-0.25, -0.2) is 13.4 Å². The summed E-state index contributed by atoms with van der Waals surface area (Å²) in [5, 5.41) is 4.78. The van der Waals surface area contributed by atoms with Crippen LogP contribution in [0.2, 0.25) is 0 Å². The van der Waals surface area contributed by atoms with Crippen LogP contribution in [0, 0.1) is 0 Å². The van der Waals surface area contributed by atoms with Crippen molar-refractivity contribution in [1.29, 1.82) is 0 Å². The molecule has 1 aliphatic heterocycles. The average molecular weight is 551 g/mol. The molecular weight excluding hydrogens is 524 g/mol. The van der Waals surface area contributed by atoms with Gasteiger partial charge in [0.2, 0.25) is 11.8 Å². The minimum Gasteiger partial charge on any atom is -0.323 e. The van der Waals surface area contributed by atoms with Crippen molar-refractivity contribution in [3.63, 3.8) is 0 Å². The molecule has 40 heavy (non-hydrogen) atoms. The van der Waals surface area contributed by atoms with Crippen LogP contribution in [0.3, 0.4) is 0 Å². The summed E-state index contributed by atoms with van der Waals surface area (Å²) in [4.78, 5) is 32.2. The molecule has 200 valence electrons. The van der Waals surface area contributed by atoms with E-state index >= 15 is 0 Å². The van der Waals surface area contributed by atoms with Crippen molar-refractivity contribution in [1.82, 2.24) is 9.55 Å². The number of hydrogen-bond donors (Lipinski definition) is 1. The smallest absolute Gasteiger partial charge is 0.241 e. The second-order valence-electron chi connectivity index (χ2n) is 9.78. The number of fused-ring (bicyclic) bond motifs is 3. The van der Waals surface area contributed by atoms with Gasteiger partial charge in [-0.05, 0) is 59.8 Å². The number of imidazole rings is 1. The lowest BCUT2D eigenvalue weighted by Gasteiger charge is -2.23. The molecule has 0 unspecified atom stereocenters. The highest BCUT2D eigenvalue weighted by atomic mass is 32.2. The number of amides is 2. The molecule has 1 aromatic heterocycles. The maximum absolute atomic E-state index is 13.2. The maximum atomic E-state index is 13.2. The molecule has 0 radical (unpaired) electrons. The average Bonchev–Trinajstić information content (AvgIpc) is 3.37. The van der Waals surface area contributed by atoms with Gasteiger partial charge in [0, 0.05) is 41.8 Å². The topological polar surface area (TPSA) is 101 Å². The van der Waals surface area contributed by atoms with Gasteiger partial charge in [-0.2, -0.15) is 0 Å². The zero-order valence-corrected chi connectivity index (χ0v) is 22.6. The van der Waals surface area contributed by atoms with Crippen LogP contribution in [0.4, 0.5) is 17.1 Å². The fourth-order valence-electron chi connectivity index (χ4n) is 5.07. The molecule has 0 spiro atoms. The molecule has 1 aliphatic rings. The molecule has 1 N–H and O–H groups in total. The molecule has 9 heteroatoms. The largest absolute Gasteiger partial charge is 0.323 e. The van der Waals surface area contributed by atoms with Gasteiger partial charge in [-0.1, -0.05) is 42.5 Å². The number of sulfone groups is 1. The Hall–Kier alpha value is -4.76. The summed E-state index contributed by atoms with van der Waals surface area (Å²) in [6.45, 7) is 0. The normalized spacial score (nSPS) is 13.7. The Balaban J connectivity index is 1.27. The molecule has 0 aliphatic carbocycles. The van der Waals surface area contributed by atoms with Gasteiger partial charge in [0.25, 0.3) is 0 Å². The zero-order valence-electron chi connectivity index (χ0n) is 21.7. The molecule has 0 saturated carbocycles. The number of benzene rings is 4. The quantitative estimate of drug-likeness (QED) is 0.292. The van der Waals surface area contributed by atoms with Crippen molar-refractivity contribution in [2.75, 3.05) is 16.5 Å². The maximum Gasteiger partial charge on any atom is 0.241 e. The molecular formula is C31H26N4O4S. The number of hydrogen-bond acceptors (Lipinski definition) is 5. The first-order chi connectivity index (χ1) is 19.3. The summed E-state index contributed by atoms with van der Waals surface area (Å²) in [6, 6.07) is 26.1. The second-order valence-corrected chi connectivity index (χ2v) is 11.8. The van der Waals surface area contributed by atoms with E-state index in [9.17, 15) is 18.0 Å². The molecule has 4 aromatic carbocycles. The molecule has 5 aromatic rings. The van der Waals surface area contributed by atoms with Crippen LogP contribution in [-0.4, -0.2) is 36.0 Å². The summed E-state index contributed by atoms with van der Waals surface area (Å²) in [5.74, 6) is 0.220. The number of rotatable bonds is 6. The number of aromatic nitrogens is 2. The summed E-state index contributed by atoms with van der Waals surface area (Å²) in [6.07, 6.45) is 5.94. The Labute approximate surface area is 231 Å². The van der Waals surface area contributed by atoms with Gasteiger partial charge in [-0.3, -0.25) is 14.5 Å².